The van der Waals surface area contributed by atoms with E-state index < -0.39 is 18.4 Å². The Morgan fingerprint density at radius 1 is 1.19 bits per heavy atom. The third-order valence-electron chi connectivity index (χ3n) is 6.64. The van der Waals surface area contributed by atoms with Crippen LogP contribution in [0.4, 0.5) is 0 Å². The fraction of sp³-hybridized carbons (Fsp3) is 0.500. The Labute approximate surface area is 214 Å². The summed E-state index contributed by atoms with van der Waals surface area (Å²) in [6.07, 6.45) is 6.65. The van der Waals surface area contributed by atoms with Crippen molar-refractivity contribution in [1.29, 1.82) is 0 Å². The number of hydrogen-bond donors (Lipinski definition) is 1. The molecule has 192 valence electrons. The van der Waals surface area contributed by atoms with Gasteiger partial charge in [0, 0.05) is 19.4 Å². The Morgan fingerprint density at radius 3 is 2.67 bits per heavy atom. The van der Waals surface area contributed by atoms with Crippen molar-refractivity contribution in [2.75, 3.05) is 6.61 Å². The van der Waals surface area contributed by atoms with Gasteiger partial charge in [-0.2, -0.15) is 0 Å². The molecule has 1 aliphatic heterocycles. The van der Waals surface area contributed by atoms with Crippen LogP contribution >= 0.6 is 11.3 Å². The first-order chi connectivity index (χ1) is 17.5. The maximum absolute atomic E-state index is 12.4. The van der Waals surface area contributed by atoms with E-state index in [1.165, 1.54) is 31.1 Å². The van der Waals surface area contributed by atoms with E-state index in [9.17, 15) is 9.90 Å². The Bertz CT molecular complexity index is 1160. The molecule has 0 bridgehead atoms. The third kappa shape index (κ3) is 5.71. The molecule has 5 rings (SSSR count). The summed E-state index contributed by atoms with van der Waals surface area (Å²) in [5.41, 5.74) is 0.609. The summed E-state index contributed by atoms with van der Waals surface area (Å²) >= 11 is 1.35. The first-order valence-electron chi connectivity index (χ1n) is 12.4. The van der Waals surface area contributed by atoms with Crippen LogP contribution in [0, 0.1) is 0 Å². The Hall–Kier alpha value is -2.95. The highest BCUT2D eigenvalue weighted by atomic mass is 32.1. The smallest absolute Gasteiger partial charge is 0.279 e. The molecule has 9 nitrogen and oxygen atoms in total. The molecular formula is C26H31N3O6S. The predicted molar refractivity (Wildman–Crippen MR) is 133 cm³/mol. The number of ether oxygens (including phenoxy) is 3. The van der Waals surface area contributed by atoms with Gasteiger partial charge in [-0.15, -0.1) is 0 Å². The van der Waals surface area contributed by atoms with E-state index in [-0.39, 0.29) is 5.91 Å². The highest BCUT2D eigenvalue weighted by molar-refractivity contribution is 7.16. The van der Waals surface area contributed by atoms with Crippen molar-refractivity contribution in [1.82, 2.24) is 15.0 Å². The van der Waals surface area contributed by atoms with E-state index in [1.54, 1.807) is 17.2 Å². The molecule has 10 heteroatoms. The predicted octanol–water partition coefficient (Wildman–Crippen LogP) is 5.32. The number of aliphatic hydroxyl groups is 1. The average molecular weight is 514 g/mol. The molecule has 1 amide bonds. The van der Waals surface area contributed by atoms with Crippen molar-refractivity contribution in [3.05, 3.63) is 42.3 Å². The molecule has 1 saturated heterocycles. The van der Waals surface area contributed by atoms with Gasteiger partial charge >= 0.3 is 0 Å². The van der Waals surface area contributed by atoms with Crippen LogP contribution in [0.5, 0.6) is 16.7 Å². The van der Waals surface area contributed by atoms with Crippen LogP contribution in [-0.2, 0) is 9.53 Å². The maximum atomic E-state index is 12.4. The summed E-state index contributed by atoms with van der Waals surface area (Å²) in [4.78, 5) is 19.1. The number of carbonyl (C=O) groups excluding carboxylic acids is 1. The molecule has 2 aliphatic rings. The van der Waals surface area contributed by atoms with E-state index in [4.69, 9.17) is 18.7 Å². The standard InChI is InChI=1S/C26H31N3O6S/c1-16(29(17(2)30)25-13-18(31)11-12-32-25)23-14-22(28-35-23)24-15-27-26(36-24)34-21-9-7-20(8-10-21)33-19-5-3-4-6-19/h7-10,14-16,18-19,25,31H,3-6,11-13H2,1-2H3. The van der Waals surface area contributed by atoms with Gasteiger partial charge in [-0.05, 0) is 63.3 Å². The second kappa shape index (κ2) is 11.0. The average Bonchev–Trinajstić information content (AvgIpc) is 3.63. The van der Waals surface area contributed by atoms with Crippen LogP contribution in [0.1, 0.15) is 64.2 Å². The van der Waals surface area contributed by atoms with Gasteiger partial charge in [0.15, 0.2) is 5.76 Å². The summed E-state index contributed by atoms with van der Waals surface area (Å²) in [6.45, 7) is 3.75. The number of benzene rings is 1. The lowest BCUT2D eigenvalue weighted by atomic mass is 10.1. The van der Waals surface area contributed by atoms with Crippen molar-refractivity contribution in [3.63, 3.8) is 0 Å². The van der Waals surface area contributed by atoms with E-state index in [1.807, 2.05) is 31.2 Å². The molecule has 3 aromatic rings. The van der Waals surface area contributed by atoms with Crippen molar-refractivity contribution in [2.24, 2.45) is 0 Å². The SMILES string of the molecule is CC(=O)N(C1CC(O)CCO1)C(C)c1cc(-c2cnc(Oc3ccc(OC4CCCC4)cc3)s2)no1. The van der Waals surface area contributed by atoms with Crippen LogP contribution in [0.15, 0.2) is 41.1 Å². The molecular weight excluding hydrogens is 482 g/mol. The van der Waals surface area contributed by atoms with Gasteiger partial charge in [0.25, 0.3) is 5.19 Å². The summed E-state index contributed by atoms with van der Waals surface area (Å²) in [5, 5.41) is 14.7. The molecule has 1 aliphatic carbocycles. The number of carbonyl (C=O) groups is 1. The zero-order valence-electron chi connectivity index (χ0n) is 20.5. The normalized spacial score (nSPS) is 21.3. The number of thiazole rings is 1. The van der Waals surface area contributed by atoms with Gasteiger partial charge in [0.2, 0.25) is 5.91 Å². The Balaban J connectivity index is 1.23. The monoisotopic (exact) mass is 513 g/mol. The lowest BCUT2D eigenvalue weighted by molar-refractivity contribution is -0.163. The summed E-state index contributed by atoms with van der Waals surface area (Å²) in [6, 6.07) is 8.98. The van der Waals surface area contributed by atoms with E-state index in [0.717, 1.165) is 23.5 Å². The molecule has 1 aromatic carbocycles. The van der Waals surface area contributed by atoms with Crippen molar-refractivity contribution < 1.29 is 28.6 Å². The van der Waals surface area contributed by atoms with Crippen LogP contribution in [0.25, 0.3) is 10.6 Å². The number of aromatic nitrogens is 2. The van der Waals surface area contributed by atoms with Crippen LogP contribution in [0.3, 0.4) is 0 Å². The molecule has 0 spiro atoms. The second-order valence-corrected chi connectivity index (χ2v) is 10.3. The minimum Gasteiger partial charge on any atom is -0.490 e. The van der Waals surface area contributed by atoms with Gasteiger partial charge < -0.3 is 28.7 Å². The van der Waals surface area contributed by atoms with Gasteiger partial charge in [-0.3, -0.25) is 4.79 Å². The molecule has 2 aromatic heterocycles. The minimum atomic E-state index is -0.506. The first kappa shape index (κ1) is 24.7. The van der Waals surface area contributed by atoms with Gasteiger partial charge in [0.1, 0.15) is 23.4 Å². The zero-order valence-corrected chi connectivity index (χ0v) is 21.3. The van der Waals surface area contributed by atoms with Gasteiger partial charge in [-0.25, -0.2) is 4.98 Å². The quantitative estimate of drug-likeness (QED) is 0.431. The van der Waals surface area contributed by atoms with Crippen LogP contribution in [0.2, 0.25) is 0 Å². The molecule has 1 N–H and O–H groups in total. The lowest BCUT2D eigenvalue weighted by Gasteiger charge is -2.38. The molecule has 36 heavy (non-hydrogen) atoms. The zero-order chi connectivity index (χ0) is 25.1. The number of rotatable bonds is 8. The van der Waals surface area contributed by atoms with Crippen molar-refractivity contribution in [2.45, 2.75) is 76.9 Å². The number of aliphatic hydroxyl groups excluding tert-OH is 1. The van der Waals surface area contributed by atoms with Crippen molar-refractivity contribution >= 4 is 17.2 Å². The Morgan fingerprint density at radius 2 is 1.94 bits per heavy atom. The van der Waals surface area contributed by atoms with Crippen molar-refractivity contribution in [3.8, 4) is 27.3 Å². The molecule has 1 saturated carbocycles. The van der Waals surface area contributed by atoms with Crippen LogP contribution in [-0.4, -0.2) is 51.1 Å². The minimum absolute atomic E-state index is 0.160. The molecule has 3 heterocycles. The van der Waals surface area contributed by atoms with E-state index >= 15 is 0 Å². The summed E-state index contributed by atoms with van der Waals surface area (Å²) in [7, 11) is 0. The molecule has 3 atom stereocenters. The summed E-state index contributed by atoms with van der Waals surface area (Å²) < 4.78 is 23.3. The first-order valence-corrected chi connectivity index (χ1v) is 13.2. The van der Waals surface area contributed by atoms with Gasteiger partial charge in [-0.1, -0.05) is 16.5 Å². The topological polar surface area (TPSA) is 107 Å². The molecule has 0 radical (unpaired) electrons. The van der Waals surface area contributed by atoms with E-state index in [2.05, 4.69) is 10.1 Å². The Kier molecular flexibility index (Phi) is 7.54. The number of hydrogen-bond acceptors (Lipinski definition) is 9. The van der Waals surface area contributed by atoms with Crippen LogP contribution < -0.4 is 9.47 Å². The number of nitrogens with zero attached hydrogens (tertiary/aromatic N) is 3. The highest BCUT2D eigenvalue weighted by Gasteiger charge is 2.33. The second-order valence-electron chi connectivity index (χ2n) is 9.31. The number of amides is 1. The largest absolute Gasteiger partial charge is 0.490 e. The molecule has 3 unspecified atom stereocenters. The fourth-order valence-corrected chi connectivity index (χ4v) is 5.46. The third-order valence-corrected chi connectivity index (χ3v) is 7.53. The lowest BCUT2D eigenvalue weighted by Crippen LogP contribution is -2.46. The van der Waals surface area contributed by atoms with E-state index in [0.29, 0.717) is 47.9 Å². The highest BCUT2D eigenvalue weighted by Crippen LogP contribution is 2.36. The molecule has 2 fully saturated rings. The fourth-order valence-electron chi connectivity index (χ4n) is 4.73. The maximum Gasteiger partial charge on any atom is 0.279 e. The summed E-state index contributed by atoms with van der Waals surface area (Å²) in [5.74, 6) is 1.90. The van der Waals surface area contributed by atoms with Gasteiger partial charge in [0.05, 0.1) is 35.9 Å².